The van der Waals surface area contributed by atoms with E-state index in [-0.39, 0.29) is 11.9 Å². The van der Waals surface area contributed by atoms with Gasteiger partial charge in [0.15, 0.2) is 0 Å². The third-order valence-corrected chi connectivity index (χ3v) is 4.17. The molecule has 5 heteroatoms. The highest BCUT2D eigenvalue weighted by atomic mass is 35.5. The average molecular weight is 312 g/mol. The van der Waals surface area contributed by atoms with Crippen molar-refractivity contribution in [3.05, 3.63) is 51.2 Å². The molecule has 1 amide bonds. The minimum atomic E-state index is -0.162. The minimum absolute atomic E-state index is 0.0609. The van der Waals surface area contributed by atoms with E-state index < -0.39 is 0 Å². The first-order chi connectivity index (χ1) is 9.06. The van der Waals surface area contributed by atoms with E-state index >= 15 is 0 Å². The molecular weight excluding hydrogens is 298 g/mol. The van der Waals surface area contributed by atoms with Crippen molar-refractivity contribution in [3.8, 4) is 0 Å². The second-order valence-corrected chi connectivity index (χ2v) is 6.28. The van der Waals surface area contributed by atoms with Crippen molar-refractivity contribution in [2.24, 2.45) is 0 Å². The number of thiophene rings is 1. The predicted molar refractivity (Wildman–Crippen MR) is 83.7 cm³/mol. The van der Waals surface area contributed by atoms with Gasteiger partial charge in [-0.1, -0.05) is 17.7 Å². The standard InChI is InChI=1S/C14H14ClNOS2/c1-9(7-11-3-2-6-19-11)16-14(17)12-8-10(18)4-5-13(12)15/h2-6,8-9,18H,7H2,1H3,(H,16,17). The van der Waals surface area contributed by atoms with Crippen LogP contribution in [0.3, 0.4) is 0 Å². The van der Waals surface area contributed by atoms with E-state index in [1.54, 1.807) is 29.5 Å². The lowest BCUT2D eigenvalue weighted by molar-refractivity contribution is 0.0940. The highest BCUT2D eigenvalue weighted by Gasteiger charge is 2.14. The Hall–Kier alpha value is -0.970. The summed E-state index contributed by atoms with van der Waals surface area (Å²) in [6.07, 6.45) is 0.821. The summed E-state index contributed by atoms with van der Waals surface area (Å²) in [5.41, 5.74) is 0.465. The average Bonchev–Trinajstić information content (AvgIpc) is 2.84. The molecule has 1 heterocycles. The van der Waals surface area contributed by atoms with Gasteiger partial charge in [-0.05, 0) is 36.6 Å². The lowest BCUT2D eigenvalue weighted by Gasteiger charge is -2.14. The van der Waals surface area contributed by atoms with Crippen molar-refractivity contribution in [1.82, 2.24) is 5.32 Å². The van der Waals surface area contributed by atoms with Crippen molar-refractivity contribution < 1.29 is 4.79 Å². The maximum Gasteiger partial charge on any atom is 0.253 e. The van der Waals surface area contributed by atoms with Crippen molar-refractivity contribution >= 4 is 41.5 Å². The van der Waals surface area contributed by atoms with Crippen LogP contribution in [0, 0.1) is 0 Å². The minimum Gasteiger partial charge on any atom is -0.349 e. The number of carbonyl (C=O) groups excluding carboxylic acids is 1. The number of hydrogen-bond donors (Lipinski definition) is 2. The molecule has 0 aliphatic carbocycles. The summed E-state index contributed by atoms with van der Waals surface area (Å²) < 4.78 is 0. The van der Waals surface area contributed by atoms with E-state index in [4.69, 9.17) is 11.6 Å². The number of carbonyl (C=O) groups is 1. The highest BCUT2D eigenvalue weighted by Crippen LogP contribution is 2.20. The number of rotatable bonds is 4. The lowest BCUT2D eigenvalue weighted by atomic mass is 10.1. The fourth-order valence-corrected chi connectivity index (χ4v) is 3.01. The molecule has 1 N–H and O–H groups in total. The Labute approximate surface area is 127 Å². The Bertz CT molecular complexity index is 569. The van der Waals surface area contributed by atoms with Gasteiger partial charge in [0.25, 0.3) is 5.91 Å². The summed E-state index contributed by atoms with van der Waals surface area (Å²) in [7, 11) is 0. The van der Waals surface area contributed by atoms with E-state index in [0.717, 1.165) is 11.3 Å². The highest BCUT2D eigenvalue weighted by molar-refractivity contribution is 7.80. The topological polar surface area (TPSA) is 29.1 Å². The smallest absolute Gasteiger partial charge is 0.253 e. The third kappa shape index (κ3) is 4.00. The van der Waals surface area contributed by atoms with Gasteiger partial charge in [0.05, 0.1) is 10.6 Å². The molecule has 2 nitrogen and oxygen atoms in total. The van der Waals surface area contributed by atoms with Crippen LogP contribution in [-0.4, -0.2) is 11.9 Å². The number of thiol groups is 1. The molecule has 1 unspecified atom stereocenters. The maximum atomic E-state index is 12.1. The van der Waals surface area contributed by atoms with Gasteiger partial charge in [-0.3, -0.25) is 4.79 Å². The molecule has 0 aliphatic heterocycles. The van der Waals surface area contributed by atoms with Crippen LogP contribution in [0.2, 0.25) is 5.02 Å². The van der Waals surface area contributed by atoms with Crippen LogP contribution in [0.4, 0.5) is 0 Å². The number of benzene rings is 1. The summed E-state index contributed by atoms with van der Waals surface area (Å²) >= 11 is 11.9. The van der Waals surface area contributed by atoms with Crippen LogP contribution in [0.5, 0.6) is 0 Å². The molecule has 100 valence electrons. The largest absolute Gasteiger partial charge is 0.349 e. The SMILES string of the molecule is CC(Cc1cccs1)NC(=O)c1cc(S)ccc1Cl. The van der Waals surface area contributed by atoms with E-state index in [9.17, 15) is 4.79 Å². The maximum absolute atomic E-state index is 12.1. The number of amides is 1. The predicted octanol–water partition coefficient (Wildman–Crippen LogP) is 4.05. The zero-order chi connectivity index (χ0) is 13.8. The molecule has 0 spiro atoms. The molecule has 2 rings (SSSR count). The van der Waals surface area contributed by atoms with Crippen LogP contribution < -0.4 is 5.32 Å². The zero-order valence-corrected chi connectivity index (χ0v) is 12.9. The van der Waals surface area contributed by atoms with Crippen molar-refractivity contribution in [2.75, 3.05) is 0 Å². The quantitative estimate of drug-likeness (QED) is 0.819. The molecule has 0 radical (unpaired) electrons. The van der Waals surface area contributed by atoms with E-state index in [1.807, 2.05) is 18.4 Å². The van der Waals surface area contributed by atoms with Crippen molar-refractivity contribution in [1.29, 1.82) is 0 Å². The van der Waals surface area contributed by atoms with Gasteiger partial charge >= 0.3 is 0 Å². The van der Waals surface area contributed by atoms with Gasteiger partial charge in [0.1, 0.15) is 0 Å². The fraction of sp³-hybridized carbons (Fsp3) is 0.214. The van der Waals surface area contributed by atoms with Gasteiger partial charge in [-0.15, -0.1) is 24.0 Å². The Morgan fingerprint density at radius 1 is 1.47 bits per heavy atom. The molecule has 19 heavy (non-hydrogen) atoms. The molecular formula is C14H14ClNOS2. The lowest BCUT2D eigenvalue weighted by Crippen LogP contribution is -2.34. The summed E-state index contributed by atoms with van der Waals surface area (Å²) in [6, 6.07) is 9.26. The molecule has 2 aromatic rings. The van der Waals surface area contributed by atoms with E-state index in [1.165, 1.54) is 4.88 Å². The Morgan fingerprint density at radius 2 is 2.26 bits per heavy atom. The first kappa shape index (κ1) is 14.4. The van der Waals surface area contributed by atoms with Gasteiger partial charge in [-0.25, -0.2) is 0 Å². The van der Waals surface area contributed by atoms with Crippen molar-refractivity contribution in [3.63, 3.8) is 0 Å². The number of nitrogens with one attached hydrogen (secondary N) is 1. The van der Waals surface area contributed by atoms with E-state index in [2.05, 4.69) is 24.0 Å². The number of hydrogen-bond acceptors (Lipinski definition) is 3. The molecule has 1 aromatic carbocycles. The monoisotopic (exact) mass is 311 g/mol. The van der Waals surface area contributed by atoms with Crippen molar-refractivity contribution in [2.45, 2.75) is 24.3 Å². The van der Waals surface area contributed by atoms with Gasteiger partial charge in [0, 0.05) is 22.2 Å². The molecule has 0 saturated heterocycles. The first-order valence-electron chi connectivity index (χ1n) is 5.88. The zero-order valence-electron chi connectivity index (χ0n) is 10.4. The molecule has 0 fully saturated rings. The van der Waals surface area contributed by atoms with Crippen LogP contribution in [0.25, 0.3) is 0 Å². The summed E-state index contributed by atoms with van der Waals surface area (Å²) in [4.78, 5) is 14.1. The van der Waals surface area contributed by atoms with Crippen LogP contribution in [0.1, 0.15) is 22.2 Å². The van der Waals surface area contributed by atoms with Crippen LogP contribution in [0.15, 0.2) is 40.6 Å². The molecule has 0 saturated carbocycles. The summed E-state index contributed by atoms with van der Waals surface area (Å²) in [6.45, 7) is 1.98. The second-order valence-electron chi connectivity index (χ2n) is 4.32. The third-order valence-electron chi connectivity index (χ3n) is 2.66. The summed E-state index contributed by atoms with van der Waals surface area (Å²) in [5, 5.41) is 5.43. The van der Waals surface area contributed by atoms with E-state index in [0.29, 0.717) is 10.6 Å². The van der Waals surface area contributed by atoms with Gasteiger partial charge in [0.2, 0.25) is 0 Å². The normalized spacial score (nSPS) is 12.2. The molecule has 0 bridgehead atoms. The molecule has 0 aliphatic rings. The van der Waals surface area contributed by atoms with Crippen LogP contribution >= 0.6 is 35.6 Å². The van der Waals surface area contributed by atoms with Crippen LogP contribution in [-0.2, 0) is 6.42 Å². The Kier molecular flexibility index (Phi) is 4.91. The molecule has 1 atom stereocenters. The Morgan fingerprint density at radius 3 is 2.95 bits per heavy atom. The first-order valence-corrected chi connectivity index (χ1v) is 7.58. The van der Waals surface area contributed by atoms with Gasteiger partial charge < -0.3 is 5.32 Å². The number of halogens is 1. The molecule has 1 aromatic heterocycles. The summed E-state index contributed by atoms with van der Waals surface area (Å²) in [5.74, 6) is -0.162. The Balaban J connectivity index is 2.02. The van der Waals surface area contributed by atoms with Gasteiger partial charge in [-0.2, -0.15) is 0 Å². The second kappa shape index (κ2) is 6.46. The fourth-order valence-electron chi connectivity index (χ4n) is 1.77.